The molecular weight excluding hydrogens is 214 g/mol. The van der Waals surface area contributed by atoms with Gasteiger partial charge in [-0.25, -0.2) is 0 Å². The van der Waals surface area contributed by atoms with E-state index in [-0.39, 0.29) is 0 Å². The van der Waals surface area contributed by atoms with Gasteiger partial charge in [0.25, 0.3) is 0 Å². The number of ether oxygens (including phenoxy) is 1. The highest BCUT2D eigenvalue weighted by Gasteiger charge is 2.24. The molecular formula is C13H25N3O. The molecule has 0 unspecified atom stereocenters. The summed E-state index contributed by atoms with van der Waals surface area (Å²) < 4.78 is 5.15. The lowest BCUT2D eigenvalue weighted by Gasteiger charge is -2.41. The topological polar surface area (TPSA) is 39.5 Å². The van der Waals surface area contributed by atoms with Gasteiger partial charge >= 0.3 is 0 Å². The van der Waals surface area contributed by atoms with Crippen LogP contribution in [0.3, 0.4) is 0 Å². The summed E-state index contributed by atoms with van der Waals surface area (Å²) in [5.41, 5.74) is 0. The number of hydrogen-bond donors (Lipinski definition) is 0. The van der Waals surface area contributed by atoms with E-state index in [0.717, 1.165) is 45.8 Å². The number of hydrogen-bond acceptors (Lipinski definition) is 4. The second-order valence-electron chi connectivity index (χ2n) is 4.65. The van der Waals surface area contributed by atoms with E-state index >= 15 is 0 Å². The molecule has 0 aromatic rings. The van der Waals surface area contributed by atoms with Crippen LogP contribution in [0.2, 0.25) is 0 Å². The van der Waals surface area contributed by atoms with Crippen molar-refractivity contribution in [1.29, 1.82) is 5.26 Å². The minimum absolute atomic E-state index is 0.654. The number of nitriles is 1. The highest BCUT2D eigenvalue weighted by molar-refractivity contribution is 4.82. The summed E-state index contributed by atoms with van der Waals surface area (Å²) in [5.74, 6) is 0. The normalized spacial score (nSPS) is 22.5. The molecule has 0 N–H and O–H groups in total. The van der Waals surface area contributed by atoms with Crippen molar-refractivity contribution in [3.8, 4) is 6.07 Å². The third-order valence-electron chi connectivity index (χ3n) is 3.51. The third-order valence-corrected chi connectivity index (χ3v) is 3.51. The van der Waals surface area contributed by atoms with Crippen LogP contribution in [0.25, 0.3) is 0 Å². The molecule has 1 atom stereocenters. The van der Waals surface area contributed by atoms with Gasteiger partial charge in [0.1, 0.15) is 0 Å². The molecule has 4 heteroatoms. The molecule has 0 aromatic heterocycles. The zero-order valence-corrected chi connectivity index (χ0v) is 11.2. The van der Waals surface area contributed by atoms with Crippen molar-refractivity contribution in [3.63, 3.8) is 0 Å². The maximum atomic E-state index is 8.54. The Bertz CT molecular complexity index is 239. The number of nitrogens with zero attached hydrogens (tertiary/aromatic N) is 3. The van der Waals surface area contributed by atoms with E-state index < -0.39 is 0 Å². The summed E-state index contributed by atoms with van der Waals surface area (Å²) in [6, 6.07) is 2.87. The van der Waals surface area contributed by atoms with E-state index in [2.05, 4.69) is 22.8 Å². The van der Waals surface area contributed by atoms with Gasteiger partial charge in [-0.15, -0.1) is 0 Å². The molecule has 17 heavy (non-hydrogen) atoms. The lowest BCUT2D eigenvalue weighted by Crippen LogP contribution is -2.53. The lowest BCUT2D eigenvalue weighted by atomic mass is 10.1. The van der Waals surface area contributed by atoms with E-state index in [1.54, 1.807) is 7.11 Å². The third kappa shape index (κ3) is 5.03. The number of piperazine rings is 1. The molecule has 0 saturated carbocycles. The molecule has 0 bridgehead atoms. The zero-order chi connectivity index (χ0) is 12.5. The highest BCUT2D eigenvalue weighted by atomic mass is 16.5. The van der Waals surface area contributed by atoms with Crippen LogP contribution in [-0.2, 0) is 4.74 Å². The molecule has 0 amide bonds. The van der Waals surface area contributed by atoms with Crippen LogP contribution in [-0.4, -0.2) is 62.3 Å². The van der Waals surface area contributed by atoms with E-state index in [1.807, 2.05) is 0 Å². The molecule has 1 rings (SSSR count). The maximum Gasteiger partial charge on any atom is 0.0622 e. The summed E-state index contributed by atoms with van der Waals surface area (Å²) in [5, 5.41) is 8.54. The number of unbranched alkanes of at least 4 members (excludes halogenated alkanes) is 1. The van der Waals surface area contributed by atoms with E-state index in [4.69, 9.17) is 10.00 Å². The average molecular weight is 239 g/mol. The zero-order valence-electron chi connectivity index (χ0n) is 11.2. The van der Waals surface area contributed by atoms with Gasteiger partial charge < -0.3 is 9.64 Å². The molecule has 1 saturated heterocycles. The Morgan fingerprint density at radius 3 is 2.82 bits per heavy atom. The van der Waals surface area contributed by atoms with Crippen molar-refractivity contribution in [3.05, 3.63) is 0 Å². The second kappa shape index (κ2) is 8.46. The van der Waals surface area contributed by atoms with Crippen LogP contribution in [0.1, 0.15) is 26.2 Å². The number of methoxy groups -OCH3 is 1. The summed E-state index contributed by atoms with van der Waals surface area (Å²) in [6.07, 6.45) is 2.88. The van der Waals surface area contributed by atoms with Gasteiger partial charge in [0.05, 0.1) is 12.7 Å². The molecule has 98 valence electrons. The van der Waals surface area contributed by atoms with Crippen molar-refractivity contribution < 1.29 is 4.74 Å². The molecule has 1 heterocycles. The monoisotopic (exact) mass is 239 g/mol. The van der Waals surface area contributed by atoms with Crippen molar-refractivity contribution >= 4 is 0 Å². The molecule has 1 aliphatic heterocycles. The SMILES string of the molecule is CC[C@@H]1CN(CCCC#N)CCN1CCOC. The van der Waals surface area contributed by atoms with Gasteiger partial charge in [0.15, 0.2) is 0 Å². The fourth-order valence-electron chi connectivity index (χ4n) is 2.43. The molecule has 1 aliphatic rings. The largest absolute Gasteiger partial charge is 0.383 e. The van der Waals surface area contributed by atoms with Gasteiger partial charge in [-0.1, -0.05) is 6.92 Å². The minimum atomic E-state index is 0.654. The Labute approximate surface area is 105 Å². The minimum Gasteiger partial charge on any atom is -0.383 e. The Hall–Kier alpha value is -0.630. The Morgan fingerprint density at radius 1 is 1.35 bits per heavy atom. The van der Waals surface area contributed by atoms with Crippen LogP contribution < -0.4 is 0 Å². The van der Waals surface area contributed by atoms with Crippen LogP contribution in [0, 0.1) is 11.3 Å². The molecule has 0 spiro atoms. The summed E-state index contributed by atoms with van der Waals surface area (Å²) in [4.78, 5) is 5.03. The van der Waals surface area contributed by atoms with E-state index in [9.17, 15) is 0 Å². The first-order valence-electron chi connectivity index (χ1n) is 6.64. The standard InChI is InChI=1S/C13H25N3O/c1-3-13-12-15(7-5-4-6-14)8-9-16(13)10-11-17-2/h13H,3-5,7-12H2,1-2H3/t13-/m1/s1. The first-order chi connectivity index (χ1) is 8.31. The molecule has 0 aromatic carbocycles. The van der Waals surface area contributed by atoms with Gasteiger partial charge in [-0.2, -0.15) is 5.26 Å². The fraction of sp³-hybridized carbons (Fsp3) is 0.923. The van der Waals surface area contributed by atoms with Crippen LogP contribution in [0.5, 0.6) is 0 Å². The second-order valence-corrected chi connectivity index (χ2v) is 4.65. The molecule has 0 radical (unpaired) electrons. The molecule has 0 aliphatic carbocycles. The van der Waals surface area contributed by atoms with E-state index in [1.165, 1.54) is 6.42 Å². The Morgan fingerprint density at radius 2 is 2.18 bits per heavy atom. The summed E-state index contributed by atoms with van der Waals surface area (Å²) >= 11 is 0. The lowest BCUT2D eigenvalue weighted by molar-refractivity contribution is 0.0495. The van der Waals surface area contributed by atoms with E-state index in [0.29, 0.717) is 12.5 Å². The van der Waals surface area contributed by atoms with Crippen LogP contribution >= 0.6 is 0 Å². The molecule has 4 nitrogen and oxygen atoms in total. The predicted molar refractivity (Wildman–Crippen MR) is 68.8 cm³/mol. The van der Waals surface area contributed by atoms with Crippen molar-refractivity contribution in [2.45, 2.75) is 32.2 Å². The van der Waals surface area contributed by atoms with Gasteiger partial charge in [0.2, 0.25) is 0 Å². The van der Waals surface area contributed by atoms with Crippen LogP contribution in [0.15, 0.2) is 0 Å². The van der Waals surface area contributed by atoms with Gasteiger partial charge in [-0.3, -0.25) is 4.90 Å². The predicted octanol–water partition coefficient (Wildman–Crippen LogP) is 1.33. The first kappa shape index (κ1) is 14.4. The van der Waals surface area contributed by atoms with Crippen molar-refractivity contribution in [1.82, 2.24) is 9.80 Å². The van der Waals surface area contributed by atoms with Crippen molar-refractivity contribution in [2.24, 2.45) is 0 Å². The van der Waals surface area contributed by atoms with Crippen LogP contribution in [0.4, 0.5) is 0 Å². The summed E-state index contributed by atoms with van der Waals surface area (Å²) in [7, 11) is 1.76. The Balaban J connectivity index is 2.30. The molecule has 1 fully saturated rings. The summed E-state index contributed by atoms with van der Waals surface area (Å²) in [6.45, 7) is 8.60. The van der Waals surface area contributed by atoms with Gasteiger partial charge in [0, 0.05) is 45.8 Å². The smallest absolute Gasteiger partial charge is 0.0622 e. The van der Waals surface area contributed by atoms with Gasteiger partial charge in [-0.05, 0) is 19.4 Å². The first-order valence-corrected chi connectivity index (χ1v) is 6.64. The Kier molecular flexibility index (Phi) is 7.18. The van der Waals surface area contributed by atoms with Crippen molar-refractivity contribution in [2.75, 3.05) is 46.4 Å². The maximum absolute atomic E-state index is 8.54. The highest BCUT2D eigenvalue weighted by Crippen LogP contribution is 2.13. The fourth-order valence-corrected chi connectivity index (χ4v) is 2.43. The quantitative estimate of drug-likeness (QED) is 0.628. The number of rotatable bonds is 7. The average Bonchev–Trinajstić information content (AvgIpc) is 2.37.